The topological polar surface area (TPSA) is 67.2 Å². The number of aromatic nitrogens is 2. The zero-order valence-electron chi connectivity index (χ0n) is 7.32. The lowest BCUT2D eigenvalue weighted by atomic mass is 10.3. The monoisotopic (exact) mass is 181 g/mol. The van der Waals surface area contributed by atoms with Crippen LogP contribution in [0.3, 0.4) is 0 Å². The van der Waals surface area contributed by atoms with Crippen LogP contribution in [-0.2, 0) is 6.54 Å². The summed E-state index contributed by atoms with van der Waals surface area (Å²) in [6, 6.07) is -0.0197. The molecular formula is C8H11N3O2. The first-order valence-electron chi connectivity index (χ1n) is 4.16. The van der Waals surface area contributed by atoms with Crippen LogP contribution in [0, 0.1) is 6.92 Å². The number of aliphatic hydroxyl groups excluding tert-OH is 1. The molecule has 2 heterocycles. The van der Waals surface area contributed by atoms with Gasteiger partial charge >= 0.3 is 0 Å². The molecule has 0 aliphatic carbocycles. The van der Waals surface area contributed by atoms with Gasteiger partial charge in [0, 0.05) is 18.3 Å². The van der Waals surface area contributed by atoms with Crippen molar-refractivity contribution in [3.8, 4) is 0 Å². The van der Waals surface area contributed by atoms with Crippen molar-refractivity contribution < 1.29 is 5.11 Å². The molecule has 1 aromatic rings. The zero-order valence-corrected chi connectivity index (χ0v) is 7.32. The molecule has 0 radical (unpaired) electrons. The summed E-state index contributed by atoms with van der Waals surface area (Å²) >= 11 is 0. The van der Waals surface area contributed by atoms with E-state index in [1.165, 1.54) is 0 Å². The third-order valence-electron chi connectivity index (χ3n) is 2.14. The number of aryl methyl sites for hydroxylation is 1. The molecule has 70 valence electrons. The number of hydrogen-bond acceptors (Lipinski definition) is 4. The van der Waals surface area contributed by atoms with Gasteiger partial charge in [-0.2, -0.15) is 4.98 Å². The highest BCUT2D eigenvalue weighted by atomic mass is 16.3. The summed E-state index contributed by atoms with van der Waals surface area (Å²) in [6.45, 7) is 2.45. The molecule has 2 rings (SSSR count). The van der Waals surface area contributed by atoms with E-state index in [0.29, 0.717) is 18.1 Å². The summed E-state index contributed by atoms with van der Waals surface area (Å²) in [7, 11) is 0. The first-order chi connectivity index (χ1) is 6.20. The minimum atomic E-state index is -0.211. The second-order valence-corrected chi connectivity index (χ2v) is 3.23. The van der Waals surface area contributed by atoms with E-state index in [-0.39, 0.29) is 18.2 Å². The second kappa shape index (κ2) is 2.85. The highest BCUT2D eigenvalue weighted by Crippen LogP contribution is 2.13. The van der Waals surface area contributed by atoms with Crippen molar-refractivity contribution >= 4 is 5.95 Å². The Kier molecular flexibility index (Phi) is 1.81. The van der Waals surface area contributed by atoms with Crippen LogP contribution < -0.4 is 10.9 Å². The maximum absolute atomic E-state index is 11.1. The molecule has 1 atom stereocenters. The third-order valence-corrected chi connectivity index (χ3v) is 2.14. The Morgan fingerprint density at radius 2 is 2.62 bits per heavy atom. The maximum atomic E-state index is 11.1. The van der Waals surface area contributed by atoms with E-state index in [1.807, 2.05) is 4.57 Å². The number of fused-ring (bicyclic) bond motifs is 1. The molecule has 0 aromatic carbocycles. The summed E-state index contributed by atoms with van der Waals surface area (Å²) < 4.78 is 1.84. The van der Waals surface area contributed by atoms with Crippen molar-refractivity contribution in [2.75, 3.05) is 11.9 Å². The number of nitrogens with zero attached hydrogens (tertiary/aromatic N) is 2. The summed E-state index contributed by atoms with van der Waals surface area (Å²) in [6.07, 6.45) is 1.76. The molecule has 0 bridgehead atoms. The van der Waals surface area contributed by atoms with Crippen LogP contribution in [0.1, 0.15) is 5.56 Å². The van der Waals surface area contributed by atoms with Crippen LogP contribution >= 0.6 is 0 Å². The average Bonchev–Trinajstić information content (AvgIpc) is 2.48. The van der Waals surface area contributed by atoms with Crippen molar-refractivity contribution in [3.05, 3.63) is 22.1 Å². The minimum Gasteiger partial charge on any atom is -0.394 e. The number of aliphatic hydroxyl groups is 1. The zero-order chi connectivity index (χ0) is 9.42. The highest BCUT2D eigenvalue weighted by molar-refractivity contribution is 5.33. The average molecular weight is 181 g/mol. The normalized spacial score (nSPS) is 19.7. The predicted molar refractivity (Wildman–Crippen MR) is 47.7 cm³/mol. The van der Waals surface area contributed by atoms with Crippen molar-refractivity contribution in [2.24, 2.45) is 0 Å². The van der Waals surface area contributed by atoms with Gasteiger partial charge in [0.25, 0.3) is 5.56 Å². The second-order valence-electron chi connectivity index (χ2n) is 3.23. The predicted octanol–water partition coefficient (Wildman–Crippen LogP) is -0.662. The molecule has 5 heteroatoms. The fourth-order valence-electron chi connectivity index (χ4n) is 1.42. The van der Waals surface area contributed by atoms with Crippen molar-refractivity contribution in [1.82, 2.24) is 9.55 Å². The Balaban J connectivity index is 2.42. The maximum Gasteiger partial charge on any atom is 0.277 e. The van der Waals surface area contributed by atoms with E-state index in [2.05, 4.69) is 10.3 Å². The van der Waals surface area contributed by atoms with E-state index in [1.54, 1.807) is 13.1 Å². The Hall–Kier alpha value is -1.36. The smallest absolute Gasteiger partial charge is 0.277 e. The molecule has 0 fully saturated rings. The molecule has 2 N–H and O–H groups in total. The highest BCUT2D eigenvalue weighted by Gasteiger charge is 2.20. The van der Waals surface area contributed by atoms with Gasteiger partial charge in [-0.1, -0.05) is 0 Å². The van der Waals surface area contributed by atoms with Gasteiger partial charge < -0.3 is 15.0 Å². The molecule has 0 amide bonds. The minimum absolute atomic E-state index is 0.0197. The lowest BCUT2D eigenvalue weighted by Gasteiger charge is -2.02. The van der Waals surface area contributed by atoms with Gasteiger partial charge in [-0.3, -0.25) is 4.79 Å². The lowest BCUT2D eigenvalue weighted by Crippen LogP contribution is -2.20. The van der Waals surface area contributed by atoms with Crippen LogP contribution in [0.5, 0.6) is 0 Å². The molecule has 13 heavy (non-hydrogen) atoms. The molecule has 1 aliphatic rings. The van der Waals surface area contributed by atoms with Gasteiger partial charge in [0.05, 0.1) is 12.6 Å². The van der Waals surface area contributed by atoms with E-state index < -0.39 is 0 Å². The third kappa shape index (κ3) is 1.31. The van der Waals surface area contributed by atoms with Crippen LogP contribution in [0.15, 0.2) is 11.0 Å². The molecular weight excluding hydrogens is 170 g/mol. The number of rotatable bonds is 1. The molecule has 1 unspecified atom stereocenters. The van der Waals surface area contributed by atoms with Gasteiger partial charge in [0.1, 0.15) is 0 Å². The summed E-state index contributed by atoms with van der Waals surface area (Å²) in [5.74, 6) is 0.551. The Morgan fingerprint density at radius 3 is 3.31 bits per heavy atom. The first-order valence-corrected chi connectivity index (χ1v) is 4.16. The van der Waals surface area contributed by atoms with Gasteiger partial charge in [-0.25, -0.2) is 0 Å². The fourth-order valence-corrected chi connectivity index (χ4v) is 1.42. The van der Waals surface area contributed by atoms with E-state index >= 15 is 0 Å². The quantitative estimate of drug-likeness (QED) is 0.603. The number of anilines is 1. The van der Waals surface area contributed by atoms with Crippen LogP contribution in [-0.4, -0.2) is 27.3 Å². The molecule has 1 aliphatic heterocycles. The van der Waals surface area contributed by atoms with Crippen LogP contribution in [0.2, 0.25) is 0 Å². The fraction of sp³-hybridized carbons (Fsp3) is 0.500. The van der Waals surface area contributed by atoms with E-state index in [4.69, 9.17) is 5.11 Å². The Morgan fingerprint density at radius 1 is 1.85 bits per heavy atom. The number of nitrogens with one attached hydrogen (secondary N) is 1. The summed E-state index contributed by atoms with van der Waals surface area (Å²) in [5.41, 5.74) is 0.418. The largest absolute Gasteiger partial charge is 0.394 e. The van der Waals surface area contributed by atoms with Crippen LogP contribution in [0.4, 0.5) is 5.95 Å². The number of hydrogen-bond donors (Lipinski definition) is 2. The van der Waals surface area contributed by atoms with Crippen molar-refractivity contribution in [1.29, 1.82) is 0 Å². The Bertz CT molecular complexity index is 385. The van der Waals surface area contributed by atoms with E-state index in [0.717, 1.165) is 0 Å². The van der Waals surface area contributed by atoms with Crippen molar-refractivity contribution in [3.63, 3.8) is 0 Å². The SMILES string of the molecule is Cc1cn2c(nc1=O)NC(CO)C2. The van der Waals surface area contributed by atoms with E-state index in [9.17, 15) is 4.79 Å². The molecule has 0 spiro atoms. The van der Waals surface area contributed by atoms with Gasteiger partial charge in [-0.15, -0.1) is 0 Å². The molecule has 1 aromatic heterocycles. The molecule has 5 nitrogen and oxygen atoms in total. The van der Waals surface area contributed by atoms with Gasteiger partial charge in [0.2, 0.25) is 5.95 Å². The van der Waals surface area contributed by atoms with Crippen molar-refractivity contribution in [2.45, 2.75) is 19.5 Å². The van der Waals surface area contributed by atoms with Gasteiger partial charge in [0.15, 0.2) is 0 Å². The van der Waals surface area contributed by atoms with Gasteiger partial charge in [-0.05, 0) is 6.92 Å². The summed E-state index contributed by atoms with van der Waals surface area (Å²) in [4.78, 5) is 15.0. The first kappa shape index (κ1) is 8.25. The molecule has 0 saturated carbocycles. The lowest BCUT2D eigenvalue weighted by molar-refractivity contribution is 0.271. The Labute approximate surface area is 75.0 Å². The van der Waals surface area contributed by atoms with Crippen LogP contribution in [0.25, 0.3) is 0 Å². The summed E-state index contributed by atoms with van der Waals surface area (Å²) in [5, 5.41) is 11.8. The standard InChI is InChI=1S/C8H11N3O2/c1-5-2-11-3-6(4-12)9-8(11)10-7(5)13/h2,6,12H,3-4H2,1H3,(H,9,10,13). The molecule has 0 saturated heterocycles.